The molecule has 1 heteroatoms. The predicted octanol–water partition coefficient (Wildman–Crippen LogP) is 9.57. The molecule has 0 aliphatic heterocycles. The molecule has 0 N–H and O–H groups in total. The zero-order chi connectivity index (χ0) is 23.0. The molecule has 0 aliphatic rings. The maximum atomic E-state index is 2.47. The van der Waals surface area contributed by atoms with E-state index in [1.54, 1.807) is 5.56 Å². The van der Waals surface area contributed by atoms with E-state index in [1.165, 1.54) is 115 Å². The van der Waals surface area contributed by atoms with Crippen molar-refractivity contribution in [1.29, 1.82) is 0 Å². The molecule has 1 aromatic carbocycles. The Morgan fingerprint density at radius 3 is 1.45 bits per heavy atom. The molecule has 0 atom stereocenters. The second-order valence-corrected chi connectivity index (χ2v) is 10.6. The number of benzene rings is 1. The minimum Gasteiger partial charge on any atom is -0.320 e. The zero-order valence-electron chi connectivity index (χ0n) is 22.3. The van der Waals surface area contributed by atoms with Gasteiger partial charge in [-0.3, -0.25) is 0 Å². The molecule has 0 unspecified atom stereocenters. The van der Waals surface area contributed by atoms with E-state index < -0.39 is 0 Å². The number of aryl methyl sites for hydroxylation is 1. The van der Waals surface area contributed by atoms with Gasteiger partial charge < -0.3 is 4.48 Å². The Labute approximate surface area is 196 Å². The third-order valence-corrected chi connectivity index (χ3v) is 8.05. The Balaban J connectivity index is 2.25. The van der Waals surface area contributed by atoms with Crippen LogP contribution in [0.5, 0.6) is 0 Å². The fourth-order valence-corrected chi connectivity index (χ4v) is 5.82. The molecule has 0 saturated carbocycles. The summed E-state index contributed by atoms with van der Waals surface area (Å²) in [4.78, 5) is 0. The average molecular weight is 431 g/mol. The smallest absolute Gasteiger partial charge is 0.124 e. The molecule has 0 spiro atoms. The maximum absolute atomic E-state index is 2.47. The van der Waals surface area contributed by atoms with Crippen molar-refractivity contribution in [2.45, 2.75) is 136 Å². The minimum absolute atomic E-state index is 0.238. The Kier molecular flexibility index (Phi) is 14.5. The summed E-state index contributed by atoms with van der Waals surface area (Å²) >= 11 is 0. The number of hydrogen-bond donors (Lipinski definition) is 0. The fraction of sp³-hybridized carbons (Fsp3) is 0.800. The van der Waals surface area contributed by atoms with Crippen LogP contribution in [0, 0.1) is 6.92 Å². The largest absolute Gasteiger partial charge is 0.320 e. The fourth-order valence-electron chi connectivity index (χ4n) is 5.82. The highest BCUT2D eigenvalue weighted by Crippen LogP contribution is 2.41. The molecule has 1 aromatic rings. The van der Waals surface area contributed by atoms with Gasteiger partial charge in [0.15, 0.2) is 0 Å². The molecule has 0 bridgehead atoms. The minimum atomic E-state index is 0.238. The highest BCUT2D eigenvalue weighted by molar-refractivity contribution is 5.31. The van der Waals surface area contributed by atoms with E-state index in [4.69, 9.17) is 0 Å². The molecule has 0 aromatic heterocycles. The molecule has 0 radical (unpaired) electrons. The molecular weight excluding hydrogens is 374 g/mol. The lowest BCUT2D eigenvalue weighted by Crippen LogP contribution is -2.57. The summed E-state index contributed by atoms with van der Waals surface area (Å²) in [5, 5.41) is 0. The van der Waals surface area contributed by atoms with Gasteiger partial charge in [-0.25, -0.2) is 0 Å². The van der Waals surface area contributed by atoms with Crippen LogP contribution in [0.2, 0.25) is 0 Å². The number of rotatable bonds is 19. The molecule has 1 nitrogen and oxygen atoms in total. The van der Waals surface area contributed by atoms with E-state index in [9.17, 15) is 0 Å². The average Bonchev–Trinajstić information content (AvgIpc) is 2.76. The third kappa shape index (κ3) is 9.29. The molecular formula is C30H56N+. The van der Waals surface area contributed by atoms with Crippen LogP contribution in [-0.4, -0.2) is 25.1 Å². The molecule has 0 heterocycles. The van der Waals surface area contributed by atoms with Gasteiger partial charge in [0.25, 0.3) is 0 Å². The molecule has 180 valence electrons. The van der Waals surface area contributed by atoms with Crippen LogP contribution in [-0.2, 0) is 5.54 Å². The van der Waals surface area contributed by atoms with Crippen molar-refractivity contribution < 1.29 is 4.48 Å². The number of hydrogen-bond acceptors (Lipinski definition) is 0. The normalized spacial score (nSPS) is 12.5. The molecule has 31 heavy (non-hydrogen) atoms. The maximum Gasteiger partial charge on any atom is 0.124 e. The predicted molar refractivity (Wildman–Crippen MR) is 141 cm³/mol. The van der Waals surface area contributed by atoms with E-state index in [0.717, 1.165) is 4.48 Å². The van der Waals surface area contributed by atoms with Gasteiger partial charge in [0, 0.05) is 18.4 Å². The Bertz CT molecular complexity index is 555. The van der Waals surface area contributed by atoms with Crippen molar-refractivity contribution >= 4 is 0 Å². The topological polar surface area (TPSA) is 0 Å². The van der Waals surface area contributed by atoms with E-state index in [1.807, 2.05) is 0 Å². The number of nitrogens with zero attached hydrogens (tertiary/aromatic N) is 1. The lowest BCUT2D eigenvalue weighted by molar-refractivity contribution is -0.951. The van der Waals surface area contributed by atoms with Gasteiger partial charge >= 0.3 is 0 Å². The molecule has 0 fully saturated rings. The summed E-state index contributed by atoms with van der Waals surface area (Å²) in [5.41, 5.74) is 3.26. The van der Waals surface area contributed by atoms with Crippen LogP contribution in [0.15, 0.2) is 24.3 Å². The van der Waals surface area contributed by atoms with E-state index in [2.05, 4.69) is 66.1 Å². The van der Waals surface area contributed by atoms with Crippen LogP contribution in [0.1, 0.15) is 135 Å². The number of quaternary nitrogens is 1. The van der Waals surface area contributed by atoms with Crippen LogP contribution in [0.25, 0.3) is 0 Å². The van der Waals surface area contributed by atoms with E-state index >= 15 is 0 Å². The van der Waals surface area contributed by atoms with Crippen molar-refractivity contribution in [2.24, 2.45) is 0 Å². The molecule has 1 rings (SSSR count). The van der Waals surface area contributed by atoms with Gasteiger partial charge in [-0.15, -0.1) is 0 Å². The van der Waals surface area contributed by atoms with Gasteiger partial charge in [0.2, 0.25) is 0 Å². The van der Waals surface area contributed by atoms with Crippen LogP contribution < -0.4 is 0 Å². The van der Waals surface area contributed by atoms with Crippen molar-refractivity contribution in [3.8, 4) is 0 Å². The van der Waals surface area contributed by atoms with Crippen LogP contribution >= 0.6 is 0 Å². The van der Waals surface area contributed by atoms with Gasteiger partial charge in [0.1, 0.15) is 5.54 Å². The van der Waals surface area contributed by atoms with Crippen molar-refractivity contribution in [3.05, 3.63) is 35.4 Å². The van der Waals surface area contributed by atoms with Gasteiger partial charge in [-0.2, -0.15) is 0 Å². The second kappa shape index (κ2) is 15.9. The first-order valence-corrected chi connectivity index (χ1v) is 13.8. The van der Waals surface area contributed by atoms with Crippen LogP contribution in [0.3, 0.4) is 0 Å². The summed E-state index contributed by atoms with van der Waals surface area (Å²) in [7, 11) is 4.95. The highest BCUT2D eigenvalue weighted by atomic mass is 15.4. The summed E-state index contributed by atoms with van der Waals surface area (Å²) in [5.74, 6) is 0. The summed E-state index contributed by atoms with van der Waals surface area (Å²) < 4.78 is 1.11. The molecule has 0 amide bonds. The molecule has 0 aliphatic carbocycles. The summed E-state index contributed by atoms with van der Waals surface area (Å²) in [6.07, 6.45) is 22.5. The van der Waals surface area contributed by atoms with Crippen molar-refractivity contribution in [1.82, 2.24) is 0 Å². The second-order valence-electron chi connectivity index (χ2n) is 10.6. The highest BCUT2D eigenvalue weighted by Gasteiger charge is 2.44. The Morgan fingerprint density at radius 2 is 1.03 bits per heavy atom. The van der Waals surface area contributed by atoms with Crippen molar-refractivity contribution in [2.75, 3.05) is 20.6 Å². The SMILES string of the molecule is CCCCCCCCCCCCCCCC[N+](C)(C)C(CC)(CC)c1ccccc1C. The first-order chi connectivity index (χ1) is 14.9. The zero-order valence-corrected chi connectivity index (χ0v) is 22.3. The van der Waals surface area contributed by atoms with Gasteiger partial charge in [0.05, 0.1) is 20.6 Å². The summed E-state index contributed by atoms with van der Waals surface area (Å²) in [6.45, 7) is 10.7. The number of unbranched alkanes of at least 4 members (excludes halogenated alkanes) is 13. The first-order valence-electron chi connectivity index (χ1n) is 13.8. The third-order valence-electron chi connectivity index (χ3n) is 8.05. The first kappa shape index (κ1) is 28.2. The lowest BCUT2D eigenvalue weighted by Gasteiger charge is -2.49. The standard InChI is InChI=1S/C30H56N/c1-7-10-11-12-13-14-15-16-17-18-19-20-21-24-27-31(5,6)30(8-2,9-3)29-26-23-22-25-28(29)4/h22-23,25-26H,7-21,24,27H2,1-6H3/q+1. The van der Waals surface area contributed by atoms with Crippen LogP contribution in [0.4, 0.5) is 0 Å². The van der Waals surface area contributed by atoms with E-state index in [-0.39, 0.29) is 5.54 Å². The summed E-state index contributed by atoms with van der Waals surface area (Å²) in [6, 6.07) is 9.09. The quantitative estimate of drug-likeness (QED) is 0.151. The monoisotopic (exact) mass is 430 g/mol. The Hall–Kier alpha value is -0.820. The van der Waals surface area contributed by atoms with Gasteiger partial charge in [-0.1, -0.05) is 122 Å². The van der Waals surface area contributed by atoms with E-state index in [0.29, 0.717) is 0 Å². The van der Waals surface area contributed by atoms with Crippen molar-refractivity contribution in [3.63, 3.8) is 0 Å². The Morgan fingerprint density at radius 1 is 0.613 bits per heavy atom. The van der Waals surface area contributed by atoms with Gasteiger partial charge in [-0.05, 0) is 25.3 Å². The molecule has 0 saturated heterocycles. The lowest BCUT2D eigenvalue weighted by atomic mass is 9.79.